The van der Waals surface area contributed by atoms with E-state index in [1.807, 2.05) is 6.20 Å². The molecule has 66 valence electrons. The number of H-pyrrole nitrogens is 1. The highest BCUT2D eigenvalue weighted by Crippen LogP contribution is 2.35. The molecule has 1 unspecified atom stereocenters. The average Bonchev–Trinajstić information content (AvgIpc) is 2.65. The fourth-order valence-corrected chi connectivity index (χ4v) is 2.07. The Labute approximate surface area is 75.4 Å². The molecular formula is C10H9NO2. The van der Waals surface area contributed by atoms with Crippen LogP contribution in [-0.4, -0.2) is 17.1 Å². The predicted octanol–water partition coefficient (Wildman–Crippen LogP) is 1.27. The number of aromatic amines is 1. The Hall–Kier alpha value is -1.51. The Morgan fingerprint density at radius 3 is 3.38 bits per heavy atom. The maximum absolute atomic E-state index is 11.0. The first kappa shape index (κ1) is 6.95. The number of aryl methyl sites for hydroxylation is 1. The van der Waals surface area contributed by atoms with Crippen LogP contribution in [-0.2, 0) is 16.0 Å². The number of carbonyl (C=O) groups is 1. The monoisotopic (exact) mass is 175 g/mol. The summed E-state index contributed by atoms with van der Waals surface area (Å²) in [7, 11) is 0. The van der Waals surface area contributed by atoms with E-state index in [9.17, 15) is 4.79 Å². The molecule has 1 aliphatic carbocycles. The summed E-state index contributed by atoms with van der Waals surface area (Å²) in [4.78, 5) is 14.2. The van der Waals surface area contributed by atoms with Gasteiger partial charge in [0.1, 0.15) is 6.10 Å². The molecule has 1 aromatic rings. The van der Waals surface area contributed by atoms with Gasteiger partial charge in [-0.25, -0.2) is 4.79 Å². The van der Waals surface area contributed by atoms with Gasteiger partial charge >= 0.3 is 5.97 Å². The largest absolute Gasteiger partial charge is 0.454 e. The molecule has 3 rings (SSSR count). The standard InChI is InChI=1S/C10H9NO2/c12-9-5-7-8(13-9)2-1-6-3-4-11-10(6)7/h3-5,8,11H,1-2H2. The van der Waals surface area contributed by atoms with Gasteiger partial charge in [0.25, 0.3) is 0 Å². The molecule has 0 saturated heterocycles. The minimum Gasteiger partial charge on any atom is -0.454 e. The van der Waals surface area contributed by atoms with Gasteiger partial charge in [-0.2, -0.15) is 0 Å². The van der Waals surface area contributed by atoms with Gasteiger partial charge < -0.3 is 9.72 Å². The first-order valence-electron chi connectivity index (χ1n) is 4.43. The topological polar surface area (TPSA) is 42.1 Å². The molecule has 0 spiro atoms. The van der Waals surface area contributed by atoms with Crippen molar-refractivity contribution in [2.45, 2.75) is 18.9 Å². The second-order valence-electron chi connectivity index (χ2n) is 3.44. The van der Waals surface area contributed by atoms with Gasteiger partial charge in [-0.3, -0.25) is 0 Å². The molecule has 2 aliphatic rings. The zero-order chi connectivity index (χ0) is 8.84. The maximum Gasteiger partial charge on any atom is 0.331 e. The third-order valence-corrected chi connectivity index (χ3v) is 2.68. The summed E-state index contributed by atoms with van der Waals surface area (Å²) < 4.78 is 5.14. The van der Waals surface area contributed by atoms with Crippen LogP contribution in [0.15, 0.2) is 18.3 Å². The van der Waals surface area contributed by atoms with Gasteiger partial charge in [0.05, 0.1) is 0 Å². The van der Waals surface area contributed by atoms with Crippen LogP contribution >= 0.6 is 0 Å². The molecule has 0 saturated carbocycles. The smallest absolute Gasteiger partial charge is 0.331 e. The summed E-state index contributed by atoms with van der Waals surface area (Å²) in [6.45, 7) is 0. The number of ether oxygens (including phenoxy) is 1. The fraction of sp³-hybridized carbons (Fsp3) is 0.300. The molecule has 1 atom stereocenters. The highest BCUT2D eigenvalue weighted by Gasteiger charge is 2.32. The number of carbonyl (C=O) groups excluding carboxylic acids is 1. The van der Waals surface area contributed by atoms with Crippen LogP contribution in [0.1, 0.15) is 17.7 Å². The molecule has 0 radical (unpaired) electrons. The minimum atomic E-state index is -0.206. The molecular weight excluding hydrogens is 166 g/mol. The van der Waals surface area contributed by atoms with E-state index in [0.717, 1.165) is 24.1 Å². The maximum atomic E-state index is 11.0. The Bertz CT molecular complexity index is 403. The number of esters is 1. The third kappa shape index (κ3) is 0.869. The zero-order valence-corrected chi connectivity index (χ0v) is 7.04. The van der Waals surface area contributed by atoms with Crippen molar-refractivity contribution in [3.8, 4) is 0 Å². The van der Waals surface area contributed by atoms with Crippen LogP contribution in [0.2, 0.25) is 0 Å². The molecule has 2 heterocycles. The molecule has 3 heteroatoms. The van der Waals surface area contributed by atoms with Crippen LogP contribution in [0.5, 0.6) is 0 Å². The lowest BCUT2D eigenvalue weighted by Crippen LogP contribution is -2.17. The Morgan fingerprint density at radius 1 is 1.54 bits per heavy atom. The van der Waals surface area contributed by atoms with E-state index in [2.05, 4.69) is 11.1 Å². The summed E-state index contributed by atoms with van der Waals surface area (Å²) >= 11 is 0. The van der Waals surface area contributed by atoms with Gasteiger partial charge in [0, 0.05) is 23.5 Å². The molecule has 0 amide bonds. The second-order valence-corrected chi connectivity index (χ2v) is 3.44. The molecule has 1 aliphatic heterocycles. The zero-order valence-electron chi connectivity index (χ0n) is 7.04. The van der Waals surface area contributed by atoms with Crippen molar-refractivity contribution in [1.82, 2.24) is 4.98 Å². The Kier molecular flexibility index (Phi) is 1.20. The normalized spacial score (nSPS) is 24.8. The number of hydrogen-bond acceptors (Lipinski definition) is 2. The highest BCUT2D eigenvalue weighted by molar-refractivity contribution is 5.97. The van der Waals surface area contributed by atoms with E-state index in [0.29, 0.717) is 0 Å². The lowest BCUT2D eigenvalue weighted by atomic mass is 9.91. The van der Waals surface area contributed by atoms with Gasteiger partial charge in [-0.15, -0.1) is 0 Å². The summed E-state index contributed by atoms with van der Waals surface area (Å²) in [6, 6.07) is 2.06. The van der Waals surface area contributed by atoms with Crippen LogP contribution in [0.3, 0.4) is 0 Å². The third-order valence-electron chi connectivity index (χ3n) is 2.68. The van der Waals surface area contributed by atoms with E-state index in [-0.39, 0.29) is 12.1 Å². The number of fused-ring (bicyclic) bond motifs is 3. The molecule has 13 heavy (non-hydrogen) atoms. The van der Waals surface area contributed by atoms with Crippen molar-refractivity contribution in [2.24, 2.45) is 0 Å². The molecule has 3 nitrogen and oxygen atoms in total. The van der Waals surface area contributed by atoms with Crippen molar-refractivity contribution >= 4 is 11.5 Å². The summed E-state index contributed by atoms with van der Waals surface area (Å²) in [5.74, 6) is -0.206. The fourth-order valence-electron chi connectivity index (χ4n) is 2.07. The van der Waals surface area contributed by atoms with Crippen molar-refractivity contribution < 1.29 is 9.53 Å². The Morgan fingerprint density at radius 2 is 2.46 bits per heavy atom. The van der Waals surface area contributed by atoms with Crippen LogP contribution in [0.4, 0.5) is 0 Å². The van der Waals surface area contributed by atoms with Crippen LogP contribution in [0.25, 0.3) is 5.57 Å². The predicted molar refractivity (Wildman–Crippen MR) is 47.0 cm³/mol. The highest BCUT2D eigenvalue weighted by atomic mass is 16.5. The number of rotatable bonds is 0. The SMILES string of the molecule is O=C1C=C2c3[nH]ccc3CCC2O1. The van der Waals surface area contributed by atoms with Crippen molar-refractivity contribution in [2.75, 3.05) is 0 Å². The van der Waals surface area contributed by atoms with Crippen molar-refractivity contribution in [1.29, 1.82) is 0 Å². The minimum absolute atomic E-state index is 0.00125. The number of nitrogens with one attached hydrogen (secondary N) is 1. The number of hydrogen-bond donors (Lipinski definition) is 1. The van der Waals surface area contributed by atoms with Gasteiger partial charge in [-0.1, -0.05) is 0 Å². The van der Waals surface area contributed by atoms with Crippen molar-refractivity contribution in [3.05, 3.63) is 29.6 Å². The van der Waals surface area contributed by atoms with Crippen LogP contribution < -0.4 is 0 Å². The quantitative estimate of drug-likeness (QED) is 0.603. The molecule has 1 N–H and O–H groups in total. The van der Waals surface area contributed by atoms with E-state index in [1.54, 1.807) is 6.08 Å². The van der Waals surface area contributed by atoms with Crippen molar-refractivity contribution in [3.63, 3.8) is 0 Å². The summed E-state index contributed by atoms with van der Waals surface area (Å²) in [5, 5.41) is 0. The Balaban J connectivity index is 2.16. The molecule has 0 fully saturated rings. The average molecular weight is 175 g/mol. The van der Waals surface area contributed by atoms with Gasteiger partial charge in [0.15, 0.2) is 0 Å². The first-order chi connectivity index (χ1) is 6.34. The second kappa shape index (κ2) is 2.25. The van der Waals surface area contributed by atoms with Gasteiger partial charge in [-0.05, 0) is 24.5 Å². The molecule has 1 aromatic heterocycles. The molecule has 0 bridgehead atoms. The van der Waals surface area contributed by atoms with E-state index >= 15 is 0 Å². The van der Waals surface area contributed by atoms with E-state index in [4.69, 9.17) is 4.74 Å². The lowest BCUT2D eigenvalue weighted by molar-refractivity contribution is -0.138. The molecule has 0 aromatic carbocycles. The van der Waals surface area contributed by atoms with E-state index < -0.39 is 0 Å². The lowest BCUT2D eigenvalue weighted by Gasteiger charge is -2.19. The number of aromatic nitrogens is 1. The van der Waals surface area contributed by atoms with Gasteiger partial charge in [0.2, 0.25) is 0 Å². The summed E-state index contributed by atoms with van der Waals surface area (Å²) in [5.41, 5.74) is 3.40. The summed E-state index contributed by atoms with van der Waals surface area (Å²) in [6.07, 6.45) is 5.42. The van der Waals surface area contributed by atoms with E-state index in [1.165, 1.54) is 5.56 Å². The first-order valence-corrected chi connectivity index (χ1v) is 4.43. The van der Waals surface area contributed by atoms with Crippen LogP contribution in [0, 0.1) is 0 Å².